The third-order valence-electron chi connectivity index (χ3n) is 4.55. The van der Waals surface area contributed by atoms with E-state index in [9.17, 15) is 0 Å². The van der Waals surface area contributed by atoms with E-state index in [0.717, 1.165) is 37.1 Å². The van der Waals surface area contributed by atoms with Crippen LogP contribution in [0.1, 0.15) is 37.0 Å². The molecule has 26 heavy (non-hydrogen) atoms. The van der Waals surface area contributed by atoms with E-state index in [1.807, 2.05) is 13.1 Å². The summed E-state index contributed by atoms with van der Waals surface area (Å²) in [7, 11) is 0. The molecule has 0 aliphatic heterocycles. The Hall–Kier alpha value is -2.61. The summed E-state index contributed by atoms with van der Waals surface area (Å²) in [4.78, 5) is 4.60. The van der Waals surface area contributed by atoms with Gasteiger partial charge < -0.3 is 4.74 Å². The summed E-state index contributed by atoms with van der Waals surface area (Å²) in [5, 5.41) is 0. The molecule has 0 aliphatic carbocycles. The number of rotatable bonds is 8. The van der Waals surface area contributed by atoms with Gasteiger partial charge in [0, 0.05) is 11.8 Å². The summed E-state index contributed by atoms with van der Waals surface area (Å²) in [6, 6.07) is 21.5. The lowest BCUT2D eigenvalue weighted by molar-refractivity contribution is 0.340. The average Bonchev–Trinajstić information content (AvgIpc) is 2.69. The van der Waals surface area contributed by atoms with Crippen molar-refractivity contribution < 1.29 is 4.74 Å². The monoisotopic (exact) mass is 345 g/mol. The van der Waals surface area contributed by atoms with E-state index < -0.39 is 0 Å². The molecule has 0 saturated carbocycles. The first kappa shape index (κ1) is 18.2. The number of ether oxygens (including phenoxy) is 1. The molecule has 0 N–H and O–H groups in total. The minimum atomic E-state index is 0.710. The lowest BCUT2D eigenvalue weighted by atomic mass is 10.0. The molecule has 0 atom stereocenters. The normalized spacial score (nSPS) is 10.7. The maximum absolute atomic E-state index is 5.49. The second-order valence-corrected chi connectivity index (χ2v) is 6.58. The van der Waals surface area contributed by atoms with Gasteiger partial charge in [-0.2, -0.15) is 0 Å². The highest BCUT2D eigenvalue weighted by Crippen LogP contribution is 2.19. The zero-order valence-corrected chi connectivity index (χ0v) is 15.7. The molecule has 0 unspecified atom stereocenters. The van der Waals surface area contributed by atoms with E-state index in [0.29, 0.717) is 6.61 Å². The first-order valence-electron chi connectivity index (χ1n) is 9.54. The Morgan fingerprint density at radius 3 is 1.85 bits per heavy atom. The van der Waals surface area contributed by atoms with Gasteiger partial charge in [0.25, 0.3) is 0 Å². The summed E-state index contributed by atoms with van der Waals surface area (Å²) in [5.74, 6) is 0.943. The standard InChI is InChI=1S/C24H27NO/c1-3-5-21-12-17-24(25-18-21)22-13-8-19(9-14-22)6-7-20-10-15-23(16-11-20)26-4-2/h8-18H,3-7H2,1-2H3. The van der Waals surface area contributed by atoms with Crippen molar-refractivity contribution in [1.82, 2.24) is 4.98 Å². The van der Waals surface area contributed by atoms with Crippen LogP contribution in [0.25, 0.3) is 11.3 Å². The van der Waals surface area contributed by atoms with Crippen molar-refractivity contribution >= 4 is 0 Å². The van der Waals surface area contributed by atoms with Crippen LogP contribution in [0.4, 0.5) is 0 Å². The molecule has 0 radical (unpaired) electrons. The van der Waals surface area contributed by atoms with E-state index in [1.165, 1.54) is 22.3 Å². The Kier molecular flexibility index (Phi) is 6.43. The van der Waals surface area contributed by atoms with Crippen molar-refractivity contribution in [2.45, 2.75) is 39.5 Å². The van der Waals surface area contributed by atoms with E-state index >= 15 is 0 Å². The van der Waals surface area contributed by atoms with Gasteiger partial charge in [-0.25, -0.2) is 0 Å². The predicted octanol–water partition coefficient (Wildman–Crippen LogP) is 5.89. The average molecular weight is 345 g/mol. The molecule has 3 rings (SSSR count). The molecular formula is C24H27NO. The SMILES string of the molecule is CCCc1ccc(-c2ccc(CCc3ccc(OCC)cc3)cc2)nc1. The predicted molar refractivity (Wildman–Crippen MR) is 109 cm³/mol. The molecule has 0 amide bonds. The van der Waals surface area contributed by atoms with Crippen LogP contribution >= 0.6 is 0 Å². The second-order valence-electron chi connectivity index (χ2n) is 6.58. The largest absolute Gasteiger partial charge is 0.494 e. The highest BCUT2D eigenvalue weighted by molar-refractivity contribution is 5.59. The molecular weight excluding hydrogens is 318 g/mol. The van der Waals surface area contributed by atoms with Gasteiger partial charge in [0.1, 0.15) is 5.75 Å². The molecule has 0 bridgehead atoms. The second kappa shape index (κ2) is 9.19. The lowest BCUT2D eigenvalue weighted by Gasteiger charge is -2.07. The molecule has 0 fully saturated rings. The third kappa shape index (κ3) is 4.95. The number of aryl methyl sites for hydroxylation is 3. The fourth-order valence-corrected chi connectivity index (χ4v) is 3.08. The van der Waals surface area contributed by atoms with Crippen molar-refractivity contribution in [3.05, 3.63) is 83.6 Å². The Bertz CT molecular complexity index is 789. The van der Waals surface area contributed by atoms with Crippen LogP contribution in [0.2, 0.25) is 0 Å². The molecule has 2 heteroatoms. The topological polar surface area (TPSA) is 22.1 Å². The highest BCUT2D eigenvalue weighted by atomic mass is 16.5. The van der Waals surface area contributed by atoms with Crippen molar-refractivity contribution in [2.75, 3.05) is 6.61 Å². The Morgan fingerprint density at radius 1 is 0.692 bits per heavy atom. The quantitative estimate of drug-likeness (QED) is 0.508. The molecule has 0 spiro atoms. The number of aromatic nitrogens is 1. The third-order valence-corrected chi connectivity index (χ3v) is 4.55. The van der Waals surface area contributed by atoms with Crippen molar-refractivity contribution in [1.29, 1.82) is 0 Å². The molecule has 3 aromatic rings. The smallest absolute Gasteiger partial charge is 0.119 e. The Morgan fingerprint density at radius 2 is 1.31 bits per heavy atom. The Labute approximate surface area is 156 Å². The number of benzene rings is 2. The van der Waals surface area contributed by atoms with Gasteiger partial charge in [0.15, 0.2) is 0 Å². The van der Waals surface area contributed by atoms with Crippen LogP contribution in [0.15, 0.2) is 66.9 Å². The maximum atomic E-state index is 5.49. The Balaban J connectivity index is 1.58. The van der Waals surface area contributed by atoms with E-state index in [-0.39, 0.29) is 0 Å². The summed E-state index contributed by atoms with van der Waals surface area (Å²) in [6.45, 7) is 4.91. The van der Waals surface area contributed by atoms with Crippen molar-refractivity contribution in [3.8, 4) is 17.0 Å². The summed E-state index contributed by atoms with van der Waals surface area (Å²) < 4.78 is 5.49. The van der Waals surface area contributed by atoms with Gasteiger partial charge in [0.05, 0.1) is 12.3 Å². The molecule has 2 nitrogen and oxygen atoms in total. The number of nitrogens with zero attached hydrogens (tertiary/aromatic N) is 1. The van der Waals surface area contributed by atoms with Gasteiger partial charge in [-0.3, -0.25) is 4.98 Å². The van der Waals surface area contributed by atoms with Crippen LogP contribution < -0.4 is 4.74 Å². The first-order valence-corrected chi connectivity index (χ1v) is 9.54. The van der Waals surface area contributed by atoms with Gasteiger partial charge in [0.2, 0.25) is 0 Å². The fourth-order valence-electron chi connectivity index (χ4n) is 3.08. The summed E-state index contributed by atoms with van der Waals surface area (Å²) in [6.07, 6.45) is 6.33. The van der Waals surface area contributed by atoms with Crippen LogP contribution in [0.5, 0.6) is 5.75 Å². The van der Waals surface area contributed by atoms with Gasteiger partial charge in [-0.05, 0) is 61.1 Å². The van der Waals surface area contributed by atoms with Gasteiger partial charge in [-0.15, -0.1) is 0 Å². The number of hydrogen-bond donors (Lipinski definition) is 0. The van der Waals surface area contributed by atoms with Gasteiger partial charge in [-0.1, -0.05) is 55.8 Å². The molecule has 134 valence electrons. The lowest BCUT2D eigenvalue weighted by Crippen LogP contribution is -1.94. The highest BCUT2D eigenvalue weighted by Gasteiger charge is 2.02. The van der Waals surface area contributed by atoms with Gasteiger partial charge >= 0.3 is 0 Å². The summed E-state index contributed by atoms with van der Waals surface area (Å²) in [5.41, 5.74) is 6.22. The van der Waals surface area contributed by atoms with Crippen LogP contribution in [-0.2, 0) is 19.3 Å². The first-order chi connectivity index (χ1) is 12.8. The zero-order chi connectivity index (χ0) is 18.2. The van der Waals surface area contributed by atoms with Crippen molar-refractivity contribution in [2.24, 2.45) is 0 Å². The molecule has 1 aromatic heterocycles. The molecule has 0 aliphatic rings. The minimum Gasteiger partial charge on any atom is -0.494 e. The molecule has 0 saturated heterocycles. The van der Waals surface area contributed by atoms with E-state index in [1.54, 1.807) is 0 Å². The van der Waals surface area contributed by atoms with E-state index in [2.05, 4.69) is 72.6 Å². The summed E-state index contributed by atoms with van der Waals surface area (Å²) >= 11 is 0. The van der Waals surface area contributed by atoms with Crippen LogP contribution in [-0.4, -0.2) is 11.6 Å². The van der Waals surface area contributed by atoms with Crippen LogP contribution in [0, 0.1) is 0 Å². The molecule has 1 heterocycles. The molecule has 2 aromatic carbocycles. The number of pyridine rings is 1. The van der Waals surface area contributed by atoms with E-state index in [4.69, 9.17) is 4.74 Å². The van der Waals surface area contributed by atoms with Crippen molar-refractivity contribution in [3.63, 3.8) is 0 Å². The van der Waals surface area contributed by atoms with Crippen LogP contribution in [0.3, 0.4) is 0 Å². The zero-order valence-electron chi connectivity index (χ0n) is 15.7. The number of hydrogen-bond acceptors (Lipinski definition) is 2. The minimum absolute atomic E-state index is 0.710. The fraction of sp³-hybridized carbons (Fsp3) is 0.292. The maximum Gasteiger partial charge on any atom is 0.119 e.